The molecule has 0 spiro atoms. The van der Waals surface area contributed by atoms with Gasteiger partial charge in [0.15, 0.2) is 11.5 Å². The molecule has 144 valence electrons. The summed E-state index contributed by atoms with van der Waals surface area (Å²) in [6.45, 7) is 0.847. The first-order valence-electron chi connectivity index (χ1n) is 8.90. The van der Waals surface area contributed by atoms with E-state index >= 15 is 0 Å². The summed E-state index contributed by atoms with van der Waals surface area (Å²) in [5, 5.41) is 5.63. The lowest BCUT2D eigenvalue weighted by Gasteiger charge is -2.10. The predicted octanol–water partition coefficient (Wildman–Crippen LogP) is 2.11. The number of rotatable bonds is 10. The number of hydrogen-bond donors (Lipinski definition) is 2. The number of amides is 2. The summed E-state index contributed by atoms with van der Waals surface area (Å²) in [6.07, 6.45) is 1.26. The number of carbonyl (C=O) groups excluding carboxylic acids is 2. The molecule has 2 aromatic rings. The van der Waals surface area contributed by atoms with Gasteiger partial charge in [-0.1, -0.05) is 36.4 Å². The molecule has 27 heavy (non-hydrogen) atoms. The first-order valence-corrected chi connectivity index (χ1v) is 8.90. The van der Waals surface area contributed by atoms with Crippen LogP contribution in [0, 0.1) is 0 Å². The van der Waals surface area contributed by atoms with Gasteiger partial charge in [0.25, 0.3) is 0 Å². The summed E-state index contributed by atoms with van der Waals surface area (Å²) in [5.41, 5.74) is 2.00. The van der Waals surface area contributed by atoms with Crippen molar-refractivity contribution in [3.05, 3.63) is 59.7 Å². The second kappa shape index (κ2) is 10.9. The fraction of sp³-hybridized carbons (Fsp3) is 0.333. The highest BCUT2D eigenvalue weighted by Crippen LogP contribution is 2.27. The van der Waals surface area contributed by atoms with E-state index in [2.05, 4.69) is 10.6 Å². The molecule has 2 N–H and O–H groups in total. The Labute approximate surface area is 159 Å². The predicted molar refractivity (Wildman–Crippen MR) is 104 cm³/mol. The molecule has 0 saturated carbocycles. The van der Waals surface area contributed by atoms with Gasteiger partial charge in [-0.05, 0) is 29.7 Å². The van der Waals surface area contributed by atoms with Crippen LogP contribution in [0.3, 0.4) is 0 Å². The highest BCUT2D eigenvalue weighted by Gasteiger charge is 2.07. The van der Waals surface area contributed by atoms with E-state index in [-0.39, 0.29) is 18.2 Å². The van der Waals surface area contributed by atoms with Gasteiger partial charge in [-0.3, -0.25) is 9.59 Å². The second-order valence-corrected chi connectivity index (χ2v) is 6.05. The standard InChI is InChI=1S/C21H26N2O4/c1-26-18-9-8-17(14-19(18)27-2)10-12-22-20(24)11-13-23-21(25)15-16-6-4-3-5-7-16/h3-9,14H,10-13,15H2,1-2H3,(H,22,24)(H,23,25). The van der Waals surface area contributed by atoms with Crippen molar-refractivity contribution in [3.8, 4) is 11.5 Å². The fourth-order valence-electron chi connectivity index (χ4n) is 2.63. The van der Waals surface area contributed by atoms with E-state index in [1.807, 2.05) is 48.5 Å². The first kappa shape index (κ1) is 20.3. The molecule has 6 heteroatoms. The monoisotopic (exact) mass is 370 g/mol. The lowest BCUT2D eigenvalue weighted by atomic mass is 10.1. The van der Waals surface area contributed by atoms with Crippen LogP contribution >= 0.6 is 0 Å². The van der Waals surface area contributed by atoms with Crippen LogP contribution < -0.4 is 20.1 Å². The number of ether oxygens (including phenoxy) is 2. The quantitative estimate of drug-likeness (QED) is 0.672. The fourth-order valence-corrected chi connectivity index (χ4v) is 2.63. The topological polar surface area (TPSA) is 76.7 Å². The smallest absolute Gasteiger partial charge is 0.224 e. The molecule has 0 aliphatic carbocycles. The van der Waals surface area contributed by atoms with E-state index < -0.39 is 0 Å². The van der Waals surface area contributed by atoms with Crippen molar-refractivity contribution in [1.82, 2.24) is 10.6 Å². The average Bonchev–Trinajstić information content (AvgIpc) is 2.68. The largest absolute Gasteiger partial charge is 0.493 e. The maximum Gasteiger partial charge on any atom is 0.224 e. The van der Waals surface area contributed by atoms with Crippen molar-refractivity contribution in [2.75, 3.05) is 27.3 Å². The minimum atomic E-state index is -0.0875. The van der Waals surface area contributed by atoms with Crippen LogP contribution in [0.25, 0.3) is 0 Å². The Morgan fingerprint density at radius 2 is 1.52 bits per heavy atom. The van der Waals surface area contributed by atoms with Crippen molar-refractivity contribution < 1.29 is 19.1 Å². The summed E-state index contributed by atoms with van der Waals surface area (Å²) >= 11 is 0. The molecule has 0 bridgehead atoms. The van der Waals surface area contributed by atoms with Gasteiger partial charge in [-0.2, -0.15) is 0 Å². The highest BCUT2D eigenvalue weighted by atomic mass is 16.5. The third-order valence-corrected chi connectivity index (χ3v) is 4.07. The Hall–Kier alpha value is -3.02. The molecule has 0 aliphatic rings. The van der Waals surface area contributed by atoms with Crippen LogP contribution in [0.15, 0.2) is 48.5 Å². The van der Waals surface area contributed by atoms with Crippen LogP contribution in [0.4, 0.5) is 0 Å². The summed E-state index contributed by atoms with van der Waals surface area (Å²) in [6, 6.07) is 15.2. The molecule has 2 amide bonds. The van der Waals surface area contributed by atoms with Crippen molar-refractivity contribution in [2.45, 2.75) is 19.3 Å². The SMILES string of the molecule is COc1ccc(CCNC(=O)CCNC(=O)Cc2ccccc2)cc1OC. The van der Waals surface area contributed by atoms with Crippen molar-refractivity contribution in [3.63, 3.8) is 0 Å². The Morgan fingerprint density at radius 1 is 0.815 bits per heavy atom. The van der Waals surface area contributed by atoms with Gasteiger partial charge < -0.3 is 20.1 Å². The molecule has 0 aromatic heterocycles. The Morgan fingerprint density at radius 3 is 2.22 bits per heavy atom. The van der Waals surface area contributed by atoms with E-state index in [1.165, 1.54) is 0 Å². The molecule has 2 rings (SSSR count). The molecular formula is C21H26N2O4. The third-order valence-electron chi connectivity index (χ3n) is 4.07. The van der Waals surface area contributed by atoms with Gasteiger partial charge in [0.05, 0.1) is 20.6 Å². The summed E-state index contributed by atoms with van der Waals surface area (Å²) in [4.78, 5) is 23.7. The molecule has 0 fully saturated rings. The van der Waals surface area contributed by atoms with E-state index in [0.29, 0.717) is 37.4 Å². The highest BCUT2D eigenvalue weighted by molar-refractivity contribution is 5.80. The summed E-state index contributed by atoms with van der Waals surface area (Å²) in [5.74, 6) is 1.17. The first-order chi connectivity index (χ1) is 13.1. The van der Waals surface area contributed by atoms with Gasteiger partial charge in [-0.15, -0.1) is 0 Å². The maximum absolute atomic E-state index is 11.9. The molecular weight excluding hydrogens is 344 g/mol. The van der Waals surface area contributed by atoms with Crippen LogP contribution in [0.5, 0.6) is 11.5 Å². The summed E-state index contributed by atoms with van der Waals surface area (Å²) in [7, 11) is 3.19. The second-order valence-electron chi connectivity index (χ2n) is 6.05. The number of nitrogens with one attached hydrogen (secondary N) is 2. The zero-order valence-corrected chi connectivity index (χ0v) is 15.8. The number of hydrogen-bond acceptors (Lipinski definition) is 4. The number of methoxy groups -OCH3 is 2. The van der Waals surface area contributed by atoms with E-state index in [9.17, 15) is 9.59 Å². The zero-order valence-electron chi connectivity index (χ0n) is 15.8. The lowest BCUT2D eigenvalue weighted by Crippen LogP contribution is -2.32. The zero-order chi connectivity index (χ0) is 19.5. The Balaban J connectivity index is 1.64. The van der Waals surface area contributed by atoms with Gasteiger partial charge >= 0.3 is 0 Å². The lowest BCUT2D eigenvalue weighted by molar-refractivity contribution is -0.122. The maximum atomic E-state index is 11.9. The summed E-state index contributed by atoms with van der Waals surface area (Å²) < 4.78 is 10.5. The van der Waals surface area contributed by atoms with Gasteiger partial charge in [-0.25, -0.2) is 0 Å². The molecule has 2 aromatic carbocycles. The van der Waals surface area contributed by atoms with E-state index in [0.717, 1.165) is 11.1 Å². The molecule has 0 atom stereocenters. The van der Waals surface area contributed by atoms with Gasteiger partial charge in [0.1, 0.15) is 0 Å². The molecule has 0 saturated heterocycles. The van der Waals surface area contributed by atoms with Crippen LogP contribution in [-0.2, 0) is 22.4 Å². The van der Waals surface area contributed by atoms with Gasteiger partial charge in [0, 0.05) is 19.5 Å². The molecule has 6 nitrogen and oxygen atoms in total. The van der Waals surface area contributed by atoms with Crippen molar-refractivity contribution in [2.24, 2.45) is 0 Å². The van der Waals surface area contributed by atoms with E-state index in [1.54, 1.807) is 14.2 Å². The van der Waals surface area contributed by atoms with E-state index in [4.69, 9.17) is 9.47 Å². The van der Waals surface area contributed by atoms with Crippen LogP contribution in [0.1, 0.15) is 17.5 Å². The normalized spacial score (nSPS) is 10.1. The van der Waals surface area contributed by atoms with Crippen molar-refractivity contribution >= 4 is 11.8 Å². The van der Waals surface area contributed by atoms with Crippen molar-refractivity contribution in [1.29, 1.82) is 0 Å². The Kier molecular flexibility index (Phi) is 8.16. The number of carbonyl (C=O) groups is 2. The van der Waals surface area contributed by atoms with Gasteiger partial charge in [0.2, 0.25) is 11.8 Å². The third kappa shape index (κ3) is 7.01. The van der Waals surface area contributed by atoms with Crippen LogP contribution in [-0.4, -0.2) is 39.1 Å². The minimum Gasteiger partial charge on any atom is -0.493 e. The molecule has 0 radical (unpaired) electrons. The molecule has 0 unspecified atom stereocenters. The number of benzene rings is 2. The average molecular weight is 370 g/mol. The molecule has 0 aliphatic heterocycles. The minimum absolute atomic E-state index is 0.0840. The Bertz CT molecular complexity index is 747. The molecule has 0 heterocycles. The van der Waals surface area contributed by atoms with Crippen LogP contribution in [0.2, 0.25) is 0 Å².